The molecule has 1 aliphatic carbocycles. The molecule has 3 heteroatoms. The number of methoxy groups -OCH3 is 1. The fourth-order valence-corrected chi connectivity index (χ4v) is 2.44. The van der Waals surface area contributed by atoms with Gasteiger partial charge in [-0.05, 0) is 37.5 Å². The second-order valence-corrected chi connectivity index (χ2v) is 5.51. The molecule has 0 spiro atoms. The number of benzene rings is 1. The lowest BCUT2D eigenvalue weighted by Crippen LogP contribution is -2.39. The number of rotatable bonds is 5. The van der Waals surface area contributed by atoms with Crippen LogP contribution in [0.1, 0.15) is 25.3 Å². The van der Waals surface area contributed by atoms with E-state index in [4.69, 9.17) is 4.74 Å². The van der Waals surface area contributed by atoms with E-state index < -0.39 is 0 Å². The Morgan fingerprint density at radius 3 is 2.50 bits per heavy atom. The van der Waals surface area contributed by atoms with Gasteiger partial charge >= 0.3 is 0 Å². The van der Waals surface area contributed by atoms with Crippen LogP contribution in [0.3, 0.4) is 0 Å². The summed E-state index contributed by atoms with van der Waals surface area (Å²) in [4.78, 5) is 0. The smallest absolute Gasteiger partial charge is 0.0613 e. The molecule has 88 valence electrons. The van der Waals surface area contributed by atoms with Crippen LogP contribution in [-0.4, -0.2) is 19.8 Å². The molecular formula is C13H18BrNO. The maximum Gasteiger partial charge on any atom is 0.0613 e. The van der Waals surface area contributed by atoms with E-state index in [-0.39, 0.29) is 5.54 Å². The van der Waals surface area contributed by atoms with Gasteiger partial charge in [-0.25, -0.2) is 0 Å². The highest BCUT2D eigenvalue weighted by Gasteiger charge is 2.44. The van der Waals surface area contributed by atoms with Gasteiger partial charge in [-0.3, -0.25) is 0 Å². The van der Waals surface area contributed by atoms with E-state index in [0.717, 1.165) is 11.1 Å². The highest BCUT2D eigenvalue weighted by Crippen LogP contribution is 2.46. The molecule has 1 aliphatic rings. The van der Waals surface area contributed by atoms with Crippen molar-refractivity contribution < 1.29 is 4.74 Å². The number of ether oxygens (including phenoxy) is 1. The summed E-state index contributed by atoms with van der Waals surface area (Å²) in [5.41, 5.74) is 1.59. The highest BCUT2D eigenvalue weighted by atomic mass is 79.9. The Kier molecular flexibility index (Phi) is 3.67. The summed E-state index contributed by atoms with van der Waals surface area (Å²) < 4.78 is 6.30. The standard InChI is InChI=1S/C13H18BrNO/c1-10(9-16-2)15-13(7-8-13)11-3-5-12(14)6-4-11/h3-6,10,15H,7-9H2,1-2H3. The molecule has 1 fully saturated rings. The lowest BCUT2D eigenvalue weighted by molar-refractivity contribution is 0.164. The largest absolute Gasteiger partial charge is 0.383 e. The summed E-state index contributed by atoms with van der Waals surface area (Å²) >= 11 is 3.47. The monoisotopic (exact) mass is 283 g/mol. The van der Waals surface area contributed by atoms with Gasteiger partial charge in [-0.1, -0.05) is 28.1 Å². The molecule has 0 radical (unpaired) electrons. The van der Waals surface area contributed by atoms with Crippen LogP contribution in [0.15, 0.2) is 28.7 Å². The van der Waals surface area contributed by atoms with E-state index in [1.807, 2.05) is 0 Å². The molecule has 0 aliphatic heterocycles. The molecule has 2 nitrogen and oxygen atoms in total. The molecule has 1 aromatic rings. The van der Waals surface area contributed by atoms with Gasteiger partial charge in [0, 0.05) is 23.2 Å². The van der Waals surface area contributed by atoms with Crippen molar-refractivity contribution in [3.63, 3.8) is 0 Å². The Balaban J connectivity index is 2.05. The topological polar surface area (TPSA) is 21.3 Å². The van der Waals surface area contributed by atoms with Gasteiger partial charge in [-0.15, -0.1) is 0 Å². The molecular weight excluding hydrogens is 266 g/mol. The lowest BCUT2D eigenvalue weighted by Gasteiger charge is -2.23. The van der Waals surface area contributed by atoms with Crippen molar-refractivity contribution in [1.82, 2.24) is 5.32 Å². The van der Waals surface area contributed by atoms with E-state index in [9.17, 15) is 0 Å². The zero-order chi connectivity index (χ0) is 11.6. The third kappa shape index (κ3) is 2.65. The first-order valence-corrected chi connectivity index (χ1v) is 6.48. The zero-order valence-electron chi connectivity index (χ0n) is 9.79. The first kappa shape index (κ1) is 12.1. The second-order valence-electron chi connectivity index (χ2n) is 4.59. The van der Waals surface area contributed by atoms with Crippen molar-refractivity contribution in [3.05, 3.63) is 34.3 Å². The molecule has 1 aromatic carbocycles. The second kappa shape index (κ2) is 4.86. The van der Waals surface area contributed by atoms with Crippen molar-refractivity contribution in [2.45, 2.75) is 31.3 Å². The molecule has 0 aromatic heterocycles. The Morgan fingerprint density at radius 2 is 2.00 bits per heavy atom. The summed E-state index contributed by atoms with van der Waals surface area (Å²) in [5, 5.41) is 3.66. The van der Waals surface area contributed by atoms with Crippen molar-refractivity contribution in [1.29, 1.82) is 0 Å². The minimum absolute atomic E-state index is 0.207. The number of hydrogen-bond donors (Lipinski definition) is 1. The Hall–Kier alpha value is -0.380. The van der Waals surface area contributed by atoms with Gasteiger partial charge in [-0.2, -0.15) is 0 Å². The van der Waals surface area contributed by atoms with Gasteiger partial charge in [0.15, 0.2) is 0 Å². The molecule has 1 unspecified atom stereocenters. The molecule has 0 bridgehead atoms. The van der Waals surface area contributed by atoms with Crippen LogP contribution >= 0.6 is 15.9 Å². The minimum atomic E-state index is 0.207. The molecule has 1 N–H and O–H groups in total. The lowest BCUT2D eigenvalue weighted by atomic mass is 10.0. The van der Waals surface area contributed by atoms with Crippen LogP contribution in [0.2, 0.25) is 0 Å². The van der Waals surface area contributed by atoms with E-state index in [1.54, 1.807) is 7.11 Å². The molecule has 0 heterocycles. The van der Waals surface area contributed by atoms with Crippen LogP contribution in [-0.2, 0) is 10.3 Å². The Bertz CT molecular complexity index is 345. The molecule has 0 amide bonds. The SMILES string of the molecule is COCC(C)NC1(c2ccc(Br)cc2)CC1. The summed E-state index contributed by atoms with van der Waals surface area (Å²) in [5.74, 6) is 0. The van der Waals surface area contributed by atoms with Gasteiger partial charge in [0.1, 0.15) is 0 Å². The van der Waals surface area contributed by atoms with Crippen LogP contribution in [0, 0.1) is 0 Å². The number of halogens is 1. The van der Waals surface area contributed by atoms with Gasteiger partial charge in [0.25, 0.3) is 0 Å². The van der Waals surface area contributed by atoms with E-state index in [0.29, 0.717) is 6.04 Å². The summed E-state index contributed by atoms with van der Waals surface area (Å²) in [6, 6.07) is 9.01. The van der Waals surface area contributed by atoms with Crippen LogP contribution < -0.4 is 5.32 Å². The normalized spacial score (nSPS) is 19.4. The fourth-order valence-electron chi connectivity index (χ4n) is 2.17. The number of nitrogens with one attached hydrogen (secondary N) is 1. The summed E-state index contributed by atoms with van der Waals surface area (Å²) in [7, 11) is 1.75. The number of hydrogen-bond acceptors (Lipinski definition) is 2. The maximum absolute atomic E-state index is 5.16. The Morgan fingerprint density at radius 1 is 1.38 bits per heavy atom. The minimum Gasteiger partial charge on any atom is -0.383 e. The van der Waals surface area contributed by atoms with Gasteiger partial charge in [0.2, 0.25) is 0 Å². The van der Waals surface area contributed by atoms with Crippen molar-refractivity contribution in [3.8, 4) is 0 Å². The summed E-state index contributed by atoms with van der Waals surface area (Å²) in [6.07, 6.45) is 2.45. The molecule has 0 saturated heterocycles. The van der Waals surface area contributed by atoms with Crippen LogP contribution in [0.5, 0.6) is 0 Å². The fraction of sp³-hybridized carbons (Fsp3) is 0.538. The average Bonchev–Trinajstić information content (AvgIpc) is 3.00. The average molecular weight is 284 g/mol. The van der Waals surface area contributed by atoms with Crippen LogP contribution in [0.25, 0.3) is 0 Å². The quantitative estimate of drug-likeness (QED) is 0.897. The third-order valence-electron chi connectivity index (χ3n) is 3.09. The molecule has 2 rings (SSSR count). The highest BCUT2D eigenvalue weighted by molar-refractivity contribution is 9.10. The van der Waals surface area contributed by atoms with Crippen molar-refractivity contribution in [2.75, 3.05) is 13.7 Å². The van der Waals surface area contributed by atoms with E-state index in [1.165, 1.54) is 18.4 Å². The first-order chi connectivity index (χ1) is 7.66. The predicted octanol–water partition coefficient (Wildman–Crippen LogP) is 3.06. The van der Waals surface area contributed by atoms with Gasteiger partial charge < -0.3 is 10.1 Å². The van der Waals surface area contributed by atoms with Crippen LogP contribution in [0.4, 0.5) is 0 Å². The molecule has 1 saturated carbocycles. The molecule has 1 atom stereocenters. The Labute approximate surface area is 106 Å². The summed E-state index contributed by atoms with van der Waals surface area (Å²) in [6.45, 7) is 2.93. The first-order valence-electron chi connectivity index (χ1n) is 5.69. The van der Waals surface area contributed by atoms with Crippen molar-refractivity contribution >= 4 is 15.9 Å². The van der Waals surface area contributed by atoms with Gasteiger partial charge in [0.05, 0.1) is 6.61 Å². The van der Waals surface area contributed by atoms with E-state index in [2.05, 4.69) is 52.4 Å². The molecule has 16 heavy (non-hydrogen) atoms. The maximum atomic E-state index is 5.16. The zero-order valence-corrected chi connectivity index (χ0v) is 11.4. The van der Waals surface area contributed by atoms with E-state index >= 15 is 0 Å². The van der Waals surface area contributed by atoms with Crippen molar-refractivity contribution in [2.24, 2.45) is 0 Å². The predicted molar refractivity (Wildman–Crippen MR) is 69.5 cm³/mol. The third-order valence-corrected chi connectivity index (χ3v) is 3.61.